The summed E-state index contributed by atoms with van der Waals surface area (Å²) in [6, 6.07) is 10.3. The number of phenolic OH excluding ortho intramolecular Hbond substituents is 2. The number of amides is 1. The van der Waals surface area contributed by atoms with E-state index in [-0.39, 0.29) is 23.6 Å². The number of nitrogens with one attached hydrogen (secondary N) is 1. The van der Waals surface area contributed by atoms with E-state index < -0.39 is 30.2 Å². The van der Waals surface area contributed by atoms with Crippen molar-refractivity contribution in [2.75, 3.05) is 6.61 Å². The molecule has 0 fully saturated rings. The van der Waals surface area contributed by atoms with E-state index in [1.807, 2.05) is 31.2 Å². The number of aryl methyl sites for hydroxylation is 1. The number of carbonyl (C=O) groups is 3. The summed E-state index contributed by atoms with van der Waals surface area (Å²) in [6.45, 7) is 2.72. The lowest BCUT2D eigenvalue weighted by atomic mass is 10.0. The minimum Gasteiger partial charge on any atom is -0.508 e. The summed E-state index contributed by atoms with van der Waals surface area (Å²) in [6.07, 6.45) is -0.141. The Morgan fingerprint density at radius 2 is 1.74 bits per heavy atom. The molecule has 0 aliphatic heterocycles. The van der Waals surface area contributed by atoms with Crippen LogP contribution in [-0.2, 0) is 14.3 Å². The number of hydrogen-bond donors (Lipinski definition) is 3. The average Bonchev–Trinajstić information content (AvgIpc) is 2.59. The fourth-order valence-electron chi connectivity index (χ4n) is 2.50. The molecule has 0 heterocycles. The number of rotatable bonds is 7. The van der Waals surface area contributed by atoms with Crippen molar-refractivity contribution in [3.8, 4) is 11.5 Å². The predicted octanol–water partition coefficient (Wildman–Crippen LogP) is 2.40. The molecule has 0 aliphatic rings. The smallest absolute Gasteiger partial charge is 0.308 e. The Morgan fingerprint density at radius 1 is 1.07 bits per heavy atom. The number of hydrogen-bond acceptors (Lipinski definition) is 6. The van der Waals surface area contributed by atoms with E-state index in [0.29, 0.717) is 0 Å². The maximum absolute atomic E-state index is 12.1. The van der Waals surface area contributed by atoms with Gasteiger partial charge in [0.15, 0.2) is 6.61 Å². The maximum Gasteiger partial charge on any atom is 0.308 e. The van der Waals surface area contributed by atoms with E-state index in [2.05, 4.69) is 5.32 Å². The van der Waals surface area contributed by atoms with Gasteiger partial charge in [0.1, 0.15) is 11.5 Å². The fraction of sp³-hybridized carbons (Fsp3) is 0.250. The zero-order valence-corrected chi connectivity index (χ0v) is 15.1. The molecule has 27 heavy (non-hydrogen) atoms. The molecule has 1 amide bonds. The molecule has 2 rings (SSSR count). The van der Waals surface area contributed by atoms with Crippen molar-refractivity contribution in [2.45, 2.75) is 26.3 Å². The molecule has 142 valence electrons. The van der Waals surface area contributed by atoms with Crippen LogP contribution in [0.1, 0.15) is 40.9 Å². The number of benzene rings is 2. The number of aromatic hydroxyl groups is 2. The Labute approximate surface area is 156 Å². The molecule has 0 bridgehead atoms. The van der Waals surface area contributed by atoms with Crippen LogP contribution in [0.3, 0.4) is 0 Å². The quantitative estimate of drug-likeness (QED) is 0.509. The number of ketones is 1. The Bertz CT molecular complexity index is 844. The molecular formula is C20H21NO6. The van der Waals surface area contributed by atoms with Crippen LogP contribution in [-0.4, -0.2) is 34.5 Å². The summed E-state index contributed by atoms with van der Waals surface area (Å²) in [5, 5.41) is 21.6. The molecule has 0 saturated carbocycles. The van der Waals surface area contributed by atoms with Crippen LogP contribution < -0.4 is 5.32 Å². The van der Waals surface area contributed by atoms with Gasteiger partial charge in [0.05, 0.1) is 18.0 Å². The SMILES string of the molecule is CC(=O)NC(CC(=O)OCC(=O)c1ccc(O)cc1O)c1ccc(C)cc1. The van der Waals surface area contributed by atoms with Crippen LogP contribution in [0.5, 0.6) is 11.5 Å². The largest absolute Gasteiger partial charge is 0.508 e. The van der Waals surface area contributed by atoms with Crippen molar-refractivity contribution in [3.63, 3.8) is 0 Å². The van der Waals surface area contributed by atoms with E-state index in [4.69, 9.17) is 4.74 Å². The van der Waals surface area contributed by atoms with Crippen molar-refractivity contribution in [1.82, 2.24) is 5.32 Å². The lowest BCUT2D eigenvalue weighted by Crippen LogP contribution is -2.29. The second-order valence-corrected chi connectivity index (χ2v) is 6.15. The molecular weight excluding hydrogens is 350 g/mol. The van der Waals surface area contributed by atoms with Gasteiger partial charge in [0.25, 0.3) is 0 Å². The molecule has 2 aromatic rings. The molecule has 0 aromatic heterocycles. The predicted molar refractivity (Wildman–Crippen MR) is 97.4 cm³/mol. The average molecular weight is 371 g/mol. The molecule has 0 aliphatic carbocycles. The summed E-state index contributed by atoms with van der Waals surface area (Å²) in [7, 11) is 0. The normalized spacial score (nSPS) is 11.5. The minimum atomic E-state index is -0.666. The molecule has 0 saturated heterocycles. The van der Waals surface area contributed by atoms with Gasteiger partial charge in [-0.25, -0.2) is 0 Å². The molecule has 0 spiro atoms. The fourth-order valence-corrected chi connectivity index (χ4v) is 2.50. The molecule has 1 unspecified atom stereocenters. The molecule has 3 N–H and O–H groups in total. The summed E-state index contributed by atoms with van der Waals surface area (Å²) in [4.78, 5) is 35.6. The summed E-state index contributed by atoms with van der Waals surface area (Å²) < 4.78 is 4.99. The van der Waals surface area contributed by atoms with E-state index in [1.54, 1.807) is 0 Å². The van der Waals surface area contributed by atoms with E-state index >= 15 is 0 Å². The van der Waals surface area contributed by atoms with Crippen molar-refractivity contribution in [1.29, 1.82) is 0 Å². The first-order valence-corrected chi connectivity index (χ1v) is 8.30. The lowest BCUT2D eigenvalue weighted by molar-refractivity contribution is -0.143. The van der Waals surface area contributed by atoms with Gasteiger partial charge in [0.2, 0.25) is 11.7 Å². The zero-order chi connectivity index (χ0) is 20.0. The molecule has 0 radical (unpaired) electrons. The molecule has 1 atom stereocenters. The number of Topliss-reactive ketones (excluding diaryl/α,β-unsaturated/α-hetero) is 1. The third kappa shape index (κ3) is 5.85. The first kappa shape index (κ1) is 20.0. The van der Waals surface area contributed by atoms with E-state index in [0.717, 1.165) is 17.2 Å². The second kappa shape index (κ2) is 8.84. The molecule has 2 aromatic carbocycles. The minimum absolute atomic E-state index is 0.0578. The Hall–Kier alpha value is -3.35. The van der Waals surface area contributed by atoms with Crippen molar-refractivity contribution >= 4 is 17.7 Å². The van der Waals surface area contributed by atoms with E-state index in [1.165, 1.54) is 19.1 Å². The first-order valence-electron chi connectivity index (χ1n) is 8.30. The van der Waals surface area contributed by atoms with Crippen LogP contribution in [0.15, 0.2) is 42.5 Å². The van der Waals surface area contributed by atoms with Crippen LogP contribution in [0.25, 0.3) is 0 Å². The van der Waals surface area contributed by atoms with Gasteiger partial charge in [-0.05, 0) is 24.6 Å². The topological polar surface area (TPSA) is 113 Å². The number of carbonyl (C=O) groups excluding carboxylic acids is 3. The van der Waals surface area contributed by atoms with Crippen molar-refractivity contribution in [2.24, 2.45) is 0 Å². The third-order valence-electron chi connectivity index (χ3n) is 3.87. The highest BCUT2D eigenvalue weighted by molar-refractivity contribution is 6.00. The highest BCUT2D eigenvalue weighted by atomic mass is 16.5. The third-order valence-corrected chi connectivity index (χ3v) is 3.87. The monoisotopic (exact) mass is 371 g/mol. The summed E-state index contributed by atoms with van der Waals surface area (Å²) in [5.74, 6) is -2.14. The van der Waals surface area contributed by atoms with Gasteiger partial charge in [-0.3, -0.25) is 14.4 Å². The Kier molecular flexibility index (Phi) is 6.54. The van der Waals surface area contributed by atoms with Crippen molar-refractivity contribution in [3.05, 3.63) is 59.2 Å². The van der Waals surface area contributed by atoms with Crippen LogP contribution >= 0.6 is 0 Å². The van der Waals surface area contributed by atoms with Gasteiger partial charge >= 0.3 is 5.97 Å². The van der Waals surface area contributed by atoms with Gasteiger partial charge in [-0.1, -0.05) is 29.8 Å². The van der Waals surface area contributed by atoms with Crippen LogP contribution in [0, 0.1) is 6.92 Å². The Morgan fingerprint density at radius 3 is 2.33 bits per heavy atom. The molecule has 7 heteroatoms. The second-order valence-electron chi connectivity index (χ2n) is 6.15. The summed E-state index contributed by atoms with van der Waals surface area (Å²) in [5.41, 5.74) is 1.73. The van der Waals surface area contributed by atoms with Gasteiger partial charge in [-0.2, -0.15) is 0 Å². The maximum atomic E-state index is 12.1. The van der Waals surface area contributed by atoms with Gasteiger partial charge in [0, 0.05) is 13.0 Å². The van der Waals surface area contributed by atoms with Gasteiger partial charge < -0.3 is 20.3 Å². The number of esters is 1. The lowest BCUT2D eigenvalue weighted by Gasteiger charge is -2.18. The molecule has 7 nitrogen and oxygen atoms in total. The zero-order valence-electron chi connectivity index (χ0n) is 15.1. The Balaban J connectivity index is 1.99. The van der Waals surface area contributed by atoms with E-state index in [9.17, 15) is 24.6 Å². The van der Waals surface area contributed by atoms with Gasteiger partial charge in [-0.15, -0.1) is 0 Å². The number of ether oxygens (including phenoxy) is 1. The highest BCUT2D eigenvalue weighted by Gasteiger charge is 2.20. The van der Waals surface area contributed by atoms with Crippen LogP contribution in [0.2, 0.25) is 0 Å². The standard InChI is InChI=1S/C20H21NO6/c1-12-3-5-14(6-4-12)17(21-13(2)22)10-20(26)27-11-19(25)16-8-7-15(23)9-18(16)24/h3-9,17,23-24H,10-11H2,1-2H3,(H,21,22). The first-order chi connectivity index (χ1) is 12.8. The van der Waals surface area contributed by atoms with Crippen LogP contribution in [0.4, 0.5) is 0 Å². The highest BCUT2D eigenvalue weighted by Crippen LogP contribution is 2.23. The summed E-state index contributed by atoms with van der Waals surface area (Å²) >= 11 is 0. The van der Waals surface area contributed by atoms with Crippen molar-refractivity contribution < 1.29 is 29.3 Å². The number of phenols is 2.